The van der Waals surface area contributed by atoms with E-state index >= 15 is 0 Å². The van der Waals surface area contributed by atoms with Crippen LogP contribution >= 0.6 is 0 Å². The van der Waals surface area contributed by atoms with Crippen molar-refractivity contribution in [2.75, 3.05) is 18.0 Å². The SMILES string of the molecule is Cc1cccc(N2C(=O)CN(CC3CC3)C2=O)c1. The van der Waals surface area contributed by atoms with Gasteiger partial charge in [0.25, 0.3) is 5.91 Å². The molecule has 1 saturated heterocycles. The lowest BCUT2D eigenvalue weighted by atomic mass is 10.2. The van der Waals surface area contributed by atoms with E-state index in [1.54, 1.807) is 4.90 Å². The van der Waals surface area contributed by atoms with Gasteiger partial charge in [0.1, 0.15) is 6.54 Å². The van der Waals surface area contributed by atoms with Crippen LogP contribution in [0.25, 0.3) is 0 Å². The molecule has 1 aliphatic carbocycles. The first-order valence-corrected chi connectivity index (χ1v) is 6.33. The van der Waals surface area contributed by atoms with E-state index in [9.17, 15) is 9.59 Å². The molecule has 2 fully saturated rings. The molecular weight excluding hydrogens is 228 g/mol. The van der Waals surface area contributed by atoms with Crippen molar-refractivity contribution in [3.63, 3.8) is 0 Å². The average Bonchev–Trinajstić information content (AvgIpc) is 3.07. The molecule has 94 valence electrons. The zero-order chi connectivity index (χ0) is 12.7. The molecule has 3 amide bonds. The van der Waals surface area contributed by atoms with E-state index < -0.39 is 0 Å². The fourth-order valence-electron chi connectivity index (χ4n) is 2.33. The molecule has 1 aliphatic heterocycles. The number of aryl methyl sites for hydroxylation is 1. The van der Waals surface area contributed by atoms with Crippen LogP contribution in [0.1, 0.15) is 18.4 Å². The maximum atomic E-state index is 12.2. The Labute approximate surface area is 106 Å². The van der Waals surface area contributed by atoms with E-state index in [4.69, 9.17) is 0 Å². The maximum absolute atomic E-state index is 12.2. The predicted octanol–water partition coefficient (Wildman–Crippen LogP) is 2.17. The van der Waals surface area contributed by atoms with Gasteiger partial charge in [0.15, 0.2) is 0 Å². The lowest BCUT2D eigenvalue weighted by Crippen LogP contribution is -2.34. The molecule has 18 heavy (non-hydrogen) atoms. The summed E-state index contributed by atoms with van der Waals surface area (Å²) < 4.78 is 0. The number of benzene rings is 1. The van der Waals surface area contributed by atoms with Crippen LogP contribution in [0, 0.1) is 12.8 Å². The Morgan fingerprint density at radius 3 is 2.72 bits per heavy atom. The lowest BCUT2D eigenvalue weighted by Gasteiger charge is -2.17. The van der Waals surface area contributed by atoms with E-state index in [2.05, 4.69) is 0 Å². The van der Waals surface area contributed by atoms with Gasteiger partial charge in [-0.25, -0.2) is 9.69 Å². The number of anilines is 1. The Morgan fingerprint density at radius 1 is 1.28 bits per heavy atom. The van der Waals surface area contributed by atoms with Crippen molar-refractivity contribution in [3.05, 3.63) is 29.8 Å². The molecule has 3 rings (SSSR count). The molecule has 0 unspecified atom stereocenters. The smallest absolute Gasteiger partial charge is 0.314 e. The Kier molecular flexibility index (Phi) is 2.58. The van der Waals surface area contributed by atoms with Crippen LogP contribution in [-0.2, 0) is 4.79 Å². The zero-order valence-electron chi connectivity index (χ0n) is 10.4. The molecular formula is C14H16N2O2. The minimum absolute atomic E-state index is 0.119. The van der Waals surface area contributed by atoms with Gasteiger partial charge >= 0.3 is 6.03 Å². The fraction of sp³-hybridized carbons (Fsp3) is 0.429. The summed E-state index contributed by atoms with van der Waals surface area (Å²) in [5.41, 5.74) is 1.73. The van der Waals surface area contributed by atoms with Crippen molar-refractivity contribution in [2.45, 2.75) is 19.8 Å². The molecule has 2 aliphatic rings. The van der Waals surface area contributed by atoms with Crippen LogP contribution in [0.15, 0.2) is 24.3 Å². The van der Waals surface area contributed by atoms with Crippen molar-refractivity contribution < 1.29 is 9.59 Å². The summed E-state index contributed by atoms with van der Waals surface area (Å²) in [6.45, 7) is 2.91. The first-order chi connectivity index (χ1) is 8.65. The van der Waals surface area contributed by atoms with Crippen LogP contribution < -0.4 is 4.90 Å². The van der Waals surface area contributed by atoms with Crippen molar-refractivity contribution in [3.8, 4) is 0 Å². The topological polar surface area (TPSA) is 40.6 Å². The second kappa shape index (κ2) is 4.12. The highest BCUT2D eigenvalue weighted by Gasteiger charge is 2.39. The monoisotopic (exact) mass is 244 g/mol. The van der Waals surface area contributed by atoms with Gasteiger partial charge in [0, 0.05) is 6.54 Å². The van der Waals surface area contributed by atoms with E-state index in [0.29, 0.717) is 11.6 Å². The number of nitrogens with zero attached hydrogens (tertiary/aromatic N) is 2. The molecule has 1 aromatic carbocycles. The first-order valence-electron chi connectivity index (χ1n) is 6.33. The zero-order valence-corrected chi connectivity index (χ0v) is 10.4. The third-order valence-electron chi connectivity index (χ3n) is 3.47. The number of rotatable bonds is 3. The summed E-state index contributed by atoms with van der Waals surface area (Å²) in [7, 11) is 0. The molecule has 1 saturated carbocycles. The minimum atomic E-state index is -0.169. The van der Waals surface area contributed by atoms with E-state index in [1.807, 2.05) is 31.2 Å². The van der Waals surface area contributed by atoms with E-state index in [-0.39, 0.29) is 18.5 Å². The lowest BCUT2D eigenvalue weighted by molar-refractivity contribution is -0.116. The van der Waals surface area contributed by atoms with E-state index in [0.717, 1.165) is 12.1 Å². The normalized spacial score (nSPS) is 19.8. The van der Waals surface area contributed by atoms with Gasteiger partial charge in [0.2, 0.25) is 0 Å². The number of carbonyl (C=O) groups excluding carboxylic acids is 2. The third-order valence-corrected chi connectivity index (χ3v) is 3.47. The van der Waals surface area contributed by atoms with Crippen molar-refractivity contribution in [1.29, 1.82) is 0 Å². The standard InChI is InChI=1S/C14H16N2O2/c1-10-3-2-4-12(7-10)16-13(17)9-15(14(16)18)8-11-5-6-11/h2-4,7,11H,5-6,8-9H2,1H3. The Bertz CT molecular complexity index is 508. The largest absolute Gasteiger partial charge is 0.331 e. The Hall–Kier alpha value is -1.84. The van der Waals surface area contributed by atoms with Crippen molar-refractivity contribution in [2.24, 2.45) is 5.92 Å². The van der Waals surface area contributed by atoms with Gasteiger partial charge in [-0.2, -0.15) is 0 Å². The van der Waals surface area contributed by atoms with Crippen LogP contribution in [-0.4, -0.2) is 29.9 Å². The molecule has 0 radical (unpaired) electrons. The number of hydrogen-bond donors (Lipinski definition) is 0. The fourth-order valence-corrected chi connectivity index (χ4v) is 2.33. The predicted molar refractivity (Wildman–Crippen MR) is 68.4 cm³/mol. The molecule has 1 heterocycles. The Morgan fingerprint density at radius 2 is 2.06 bits per heavy atom. The molecule has 4 nitrogen and oxygen atoms in total. The summed E-state index contributed by atoms with van der Waals surface area (Å²) in [5.74, 6) is 0.491. The van der Waals surface area contributed by atoms with Gasteiger partial charge in [-0.3, -0.25) is 4.79 Å². The summed E-state index contributed by atoms with van der Waals surface area (Å²) >= 11 is 0. The van der Waals surface area contributed by atoms with Gasteiger partial charge in [-0.05, 0) is 43.4 Å². The highest BCUT2D eigenvalue weighted by atomic mass is 16.2. The molecule has 0 N–H and O–H groups in total. The average molecular weight is 244 g/mol. The maximum Gasteiger partial charge on any atom is 0.331 e. The van der Waals surface area contributed by atoms with Crippen LogP contribution in [0.3, 0.4) is 0 Å². The van der Waals surface area contributed by atoms with Gasteiger partial charge in [-0.15, -0.1) is 0 Å². The number of amides is 3. The minimum Gasteiger partial charge on any atom is -0.314 e. The summed E-state index contributed by atoms with van der Waals surface area (Å²) in [6.07, 6.45) is 2.37. The molecule has 4 heteroatoms. The van der Waals surface area contributed by atoms with Crippen LogP contribution in [0.2, 0.25) is 0 Å². The molecule has 0 atom stereocenters. The quantitative estimate of drug-likeness (QED) is 0.765. The molecule has 1 aromatic rings. The van der Waals surface area contributed by atoms with Crippen LogP contribution in [0.4, 0.5) is 10.5 Å². The summed E-state index contributed by atoms with van der Waals surface area (Å²) in [4.78, 5) is 27.2. The summed E-state index contributed by atoms with van der Waals surface area (Å²) in [6, 6.07) is 7.34. The highest BCUT2D eigenvalue weighted by molar-refractivity contribution is 6.19. The molecule has 0 spiro atoms. The van der Waals surface area contributed by atoms with Crippen molar-refractivity contribution >= 4 is 17.6 Å². The van der Waals surface area contributed by atoms with Crippen LogP contribution in [0.5, 0.6) is 0 Å². The first kappa shape index (κ1) is 11.3. The number of carbonyl (C=O) groups is 2. The Balaban J connectivity index is 1.83. The second-order valence-corrected chi connectivity index (χ2v) is 5.17. The molecule has 0 aromatic heterocycles. The summed E-state index contributed by atoms with van der Waals surface area (Å²) in [5, 5.41) is 0. The highest BCUT2D eigenvalue weighted by Crippen LogP contribution is 2.31. The van der Waals surface area contributed by atoms with Crippen molar-refractivity contribution in [1.82, 2.24) is 4.90 Å². The third kappa shape index (κ3) is 1.98. The molecule has 0 bridgehead atoms. The second-order valence-electron chi connectivity index (χ2n) is 5.17. The van der Waals surface area contributed by atoms with Gasteiger partial charge < -0.3 is 4.90 Å². The number of hydrogen-bond acceptors (Lipinski definition) is 2. The van der Waals surface area contributed by atoms with E-state index in [1.165, 1.54) is 17.7 Å². The number of imide groups is 1. The van der Waals surface area contributed by atoms with Gasteiger partial charge in [0.05, 0.1) is 5.69 Å². The van der Waals surface area contributed by atoms with Gasteiger partial charge in [-0.1, -0.05) is 12.1 Å². The number of urea groups is 1.